The molecule has 0 unspecified atom stereocenters. The smallest absolute Gasteiger partial charge is 0.407 e. The lowest BCUT2D eigenvalue weighted by Crippen LogP contribution is -2.38. The average Bonchev–Trinajstić information content (AvgIpc) is 3.06. The Morgan fingerprint density at radius 2 is 1.46 bits per heavy atom. The molecule has 50 heavy (non-hydrogen) atoms. The van der Waals surface area contributed by atoms with Gasteiger partial charge in [-0.25, -0.2) is 9.59 Å². The molecule has 12 heteroatoms. The summed E-state index contributed by atoms with van der Waals surface area (Å²) in [5.74, 6) is 2.96. The van der Waals surface area contributed by atoms with Crippen LogP contribution < -0.4 is 26.0 Å². The molecule has 0 aliphatic rings. The van der Waals surface area contributed by atoms with Gasteiger partial charge in [-0.2, -0.15) is 0 Å². The van der Waals surface area contributed by atoms with Crippen molar-refractivity contribution in [1.29, 1.82) is 0 Å². The van der Waals surface area contributed by atoms with Gasteiger partial charge >= 0.3 is 12.1 Å². The SMILES string of the molecule is C=CC=C(CC)OCCOCCNC(=NCCCCNC(=O)NCCOCCOc1ccc(CCCCNC(=O)OC(C)(C)C)cc1)C(C)C. The number of amidine groups is 1. The van der Waals surface area contributed by atoms with Crippen molar-refractivity contribution < 1.29 is 33.3 Å². The second-order valence-electron chi connectivity index (χ2n) is 12.9. The first kappa shape index (κ1) is 44.3. The molecule has 0 aliphatic heterocycles. The van der Waals surface area contributed by atoms with E-state index in [9.17, 15) is 9.59 Å². The molecule has 0 atom stereocenters. The van der Waals surface area contributed by atoms with Gasteiger partial charge in [0.25, 0.3) is 0 Å². The number of ether oxygens (including phenoxy) is 5. The number of benzene rings is 1. The van der Waals surface area contributed by atoms with Gasteiger partial charge in [-0.15, -0.1) is 0 Å². The predicted octanol–water partition coefficient (Wildman–Crippen LogP) is 6.17. The number of amides is 3. The first-order valence-electron chi connectivity index (χ1n) is 18.1. The maximum Gasteiger partial charge on any atom is 0.407 e. The highest BCUT2D eigenvalue weighted by Crippen LogP contribution is 2.14. The summed E-state index contributed by atoms with van der Waals surface area (Å²) >= 11 is 0. The molecule has 0 fully saturated rings. The number of nitrogens with one attached hydrogen (secondary N) is 4. The summed E-state index contributed by atoms with van der Waals surface area (Å²) in [5.41, 5.74) is 0.734. The maximum absolute atomic E-state index is 12.0. The number of nitrogens with zero attached hydrogens (tertiary/aromatic N) is 1. The highest BCUT2D eigenvalue weighted by atomic mass is 16.6. The highest BCUT2D eigenvalue weighted by molar-refractivity contribution is 5.83. The molecule has 0 spiro atoms. The van der Waals surface area contributed by atoms with Crippen LogP contribution in [0.25, 0.3) is 0 Å². The van der Waals surface area contributed by atoms with Crippen molar-refractivity contribution in [2.45, 2.75) is 85.7 Å². The molecule has 4 N–H and O–H groups in total. The van der Waals surface area contributed by atoms with Crippen molar-refractivity contribution in [1.82, 2.24) is 21.3 Å². The van der Waals surface area contributed by atoms with E-state index in [1.54, 1.807) is 6.08 Å². The van der Waals surface area contributed by atoms with Crippen molar-refractivity contribution in [3.8, 4) is 5.75 Å². The fraction of sp³-hybridized carbons (Fsp3) is 0.658. The Labute approximate surface area is 301 Å². The minimum Gasteiger partial charge on any atom is -0.496 e. The van der Waals surface area contributed by atoms with Crippen molar-refractivity contribution in [2.24, 2.45) is 10.9 Å². The van der Waals surface area contributed by atoms with Gasteiger partial charge in [-0.3, -0.25) is 4.99 Å². The molecule has 0 saturated carbocycles. The zero-order chi connectivity index (χ0) is 36.9. The third kappa shape index (κ3) is 25.2. The molecule has 1 aromatic carbocycles. The molecule has 12 nitrogen and oxygen atoms in total. The molecular formula is C38H65N5O7. The predicted molar refractivity (Wildman–Crippen MR) is 201 cm³/mol. The standard InChI is InChI=1S/C38H65N5O7/c1-8-14-33(9-2)48-29-27-46-25-23-40-35(31(3)4)39-20-12-13-21-41-36(44)42-24-26-47-28-30-49-34-18-16-32(17-19-34)15-10-11-22-43-37(45)50-38(5,6)7/h8,14,16-19,31H,1,9-13,15,20-30H2,2-7H3,(H,39,40)(H,43,45)(H2,41,42,44). The van der Waals surface area contributed by atoms with Gasteiger partial charge in [-0.05, 0) is 76.6 Å². The van der Waals surface area contributed by atoms with Gasteiger partial charge in [0.1, 0.15) is 24.6 Å². The van der Waals surface area contributed by atoms with Gasteiger partial charge < -0.3 is 45.0 Å². The number of carbonyl (C=O) groups is 2. The number of carbonyl (C=O) groups excluding carboxylic acids is 2. The fourth-order valence-electron chi connectivity index (χ4n) is 4.40. The van der Waals surface area contributed by atoms with Crippen LogP contribution in [0, 0.1) is 5.92 Å². The van der Waals surface area contributed by atoms with Crippen molar-refractivity contribution in [3.63, 3.8) is 0 Å². The number of rotatable bonds is 27. The summed E-state index contributed by atoms with van der Waals surface area (Å²) in [4.78, 5) is 28.4. The van der Waals surface area contributed by atoms with Crippen LogP contribution >= 0.6 is 0 Å². The molecule has 0 bridgehead atoms. The number of alkyl carbamates (subject to hydrolysis) is 1. The lowest BCUT2D eigenvalue weighted by atomic mass is 10.1. The van der Waals surface area contributed by atoms with E-state index in [4.69, 9.17) is 28.7 Å². The molecule has 0 aromatic heterocycles. The van der Waals surface area contributed by atoms with E-state index in [0.717, 1.165) is 55.9 Å². The first-order chi connectivity index (χ1) is 24.0. The fourth-order valence-corrected chi connectivity index (χ4v) is 4.40. The average molecular weight is 704 g/mol. The zero-order valence-electron chi connectivity index (χ0n) is 31.6. The van der Waals surface area contributed by atoms with Crippen LogP contribution in [0.3, 0.4) is 0 Å². The summed E-state index contributed by atoms with van der Waals surface area (Å²) in [5, 5.41) is 11.8. The molecule has 284 valence electrons. The first-order valence-corrected chi connectivity index (χ1v) is 18.1. The summed E-state index contributed by atoms with van der Waals surface area (Å²) in [7, 11) is 0. The van der Waals surface area contributed by atoms with Gasteiger partial charge in [0.05, 0.1) is 38.0 Å². The molecule has 1 aromatic rings. The van der Waals surface area contributed by atoms with E-state index in [-0.39, 0.29) is 12.1 Å². The summed E-state index contributed by atoms with van der Waals surface area (Å²) < 4.78 is 27.9. The number of hydrogen-bond donors (Lipinski definition) is 4. The molecule has 0 saturated heterocycles. The Hall–Kier alpha value is -3.77. The van der Waals surface area contributed by atoms with E-state index in [0.29, 0.717) is 78.3 Å². The van der Waals surface area contributed by atoms with Gasteiger partial charge in [0.2, 0.25) is 0 Å². The highest BCUT2D eigenvalue weighted by Gasteiger charge is 2.15. The monoisotopic (exact) mass is 703 g/mol. The number of allylic oxidation sites excluding steroid dienone is 3. The van der Waals surface area contributed by atoms with Crippen LogP contribution in [0.1, 0.15) is 79.2 Å². The molecule has 1 rings (SSSR count). The van der Waals surface area contributed by atoms with Crippen molar-refractivity contribution in [2.75, 3.05) is 72.4 Å². The van der Waals surface area contributed by atoms with E-state index in [2.05, 4.69) is 53.8 Å². The largest absolute Gasteiger partial charge is 0.496 e. The molecular weight excluding hydrogens is 638 g/mol. The Morgan fingerprint density at radius 3 is 2.12 bits per heavy atom. The number of urea groups is 1. The van der Waals surface area contributed by atoms with Gasteiger partial charge in [0.15, 0.2) is 0 Å². The Kier molecular flexibility index (Phi) is 24.8. The van der Waals surface area contributed by atoms with Crippen LogP contribution in [0.4, 0.5) is 9.59 Å². The third-order valence-electron chi connectivity index (χ3n) is 6.93. The molecule has 0 heterocycles. The van der Waals surface area contributed by atoms with E-state index in [1.807, 2.05) is 45.9 Å². The number of hydrogen-bond acceptors (Lipinski definition) is 8. The lowest BCUT2D eigenvalue weighted by Gasteiger charge is -2.19. The van der Waals surface area contributed by atoms with Crippen molar-refractivity contribution in [3.05, 3.63) is 54.3 Å². The summed E-state index contributed by atoms with van der Waals surface area (Å²) in [6.45, 7) is 21.4. The minimum absolute atomic E-state index is 0.203. The second-order valence-corrected chi connectivity index (χ2v) is 12.9. The van der Waals surface area contributed by atoms with Crippen LogP contribution in [-0.2, 0) is 25.4 Å². The van der Waals surface area contributed by atoms with Crippen LogP contribution in [-0.4, -0.2) is 95.9 Å². The quantitative estimate of drug-likeness (QED) is 0.0281. The molecule has 3 amide bonds. The minimum atomic E-state index is -0.484. The number of aliphatic imine (C=N–C) groups is 1. The second kappa shape index (κ2) is 28.0. The zero-order valence-corrected chi connectivity index (χ0v) is 31.6. The van der Waals surface area contributed by atoms with Crippen LogP contribution in [0.15, 0.2) is 53.7 Å². The number of unbranched alkanes of at least 4 members (excludes halogenated alkanes) is 2. The van der Waals surface area contributed by atoms with Crippen LogP contribution in [0.5, 0.6) is 5.75 Å². The van der Waals surface area contributed by atoms with Crippen molar-refractivity contribution >= 4 is 18.0 Å². The Morgan fingerprint density at radius 1 is 0.820 bits per heavy atom. The van der Waals surface area contributed by atoms with E-state index in [1.165, 1.54) is 5.56 Å². The maximum atomic E-state index is 12.0. The normalized spacial score (nSPS) is 12.0. The lowest BCUT2D eigenvalue weighted by molar-refractivity contribution is 0.0527. The topological polar surface area (TPSA) is 141 Å². The van der Waals surface area contributed by atoms with Crippen LogP contribution in [0.2, 0.25) is 0 Å². The molecule has 0 aliphatic carbocycles. The third-order valence-corrected chi connectivity index (χ3v) is 6.93. The molecule has 0 radical (unpaired) electrons. The summed E-state index contributed by atoms with van der Waals surface area (Å²) in [6, 6.07) is 7.81. The Balaban J connectivity index is 2.02. The van der Waals surface area contributed by atoms with Gasteiger partial charge in [-0.1, -0.05) is 45.6 Å². The Bertz CT molecular complexity index is 1120. The van der Waals surface area contributed by atoms with E-state index >= 15 is 0 Å². The van der Waals surface area contributed by atoms with E-state index < -0.39 is 5.60 Å². The summed E-state index contributed by atoms with van der Waals surface area (Å²) in [6.07, 6.45) is 8.55. The number of aryl methyl sites for hydroxylation is 1. The van der Waals surface area contributed by atoms with Gasteiger partial charge in [0, 0.05) is 45.1 Å².